The molecule has 1 saturated heterocycles. The highest BCUT2D eigenvalue weighted by molar-refractivity contribution is 5.73. The molecule has 14 heavy (non-hydrogen) atoms. The Hall–Kier alpha value is -0.810. The van der Waals surface area contributed by atoms with Gasteiger partial charge in [-0.1, -0.05) is 0 Å². The molecule has 0 bridgehead atoms. The molecule has 0 radical (unpaired) electrons. The summed E-state index contributed by atoms with van der Waals surface area (Å²) in [6, 6.07) is 0.220. The van der Waals surface area contributed by atoms with Crippen molar-refractivity contribution in [1.29, 1.82) is 0 Å². The summed E-state index contributed by atoms with van der Waals surface area (Å²) in [5.74, 6) is 0. The number of carbonyl (C=O) groups is 1. The average Bonchev–Trinajstić information content (AvgIpc) is 2.26. The van der Waals surface area contributed by atoms with Gasteiger partial charge >= 0.3 is 6.03 Å². The molecule has 1 unspecified atom stereocenters. The van der Waals surface area contributed by atoms with Crippen LogP contribution in [-0.4, -0.2) is 56.9 Å². The molecule has 1 aliphatic rings. The summed E-state index contributed by atoms with van der Waals surface area (Å²) in [7, 11) is 1.78. The number of morpholine rings is 1. The molecular weight excluding hydrogens is 182 g/mol. The molecule has 5 nitrogen and oxygen atoms in total. The number of hydrogen-bond donors (Lipinski definition) is 2. The van der Waals surface area contributed by atoms with Crippen LogP contribution in [0.5, 0.6) is 0 Å². The highest BCUT2D eigenvalue weighted by Crippen LogP contribution is 1.91. The van der Waals surface area contributed by atoms with E-state index in [4.69, 9.17) is 4.74 Å². The van der Waals surface area contributed by atoms with Gasteiger partial charge in [-0.3, -0.25) is 0 Å². The first-order chi connectivity index (χ1) is 6.74. The van der Waals surface area contributed by atoms with Crippen LogP contribution in [0.1, 0.15) is 6.92 Å². The lowest BCUT2D eigenvalue weighted by molar-refractivity contribution is 0.0770. The summed E-state index contributed by atoms with van der Waals surface area (Å²) < 4.78 is 5.27. The Morgan fingerprint density at radius 2 is 2.50 bits per heavy atom. The van der Waals surface area contributed by atoms with Crippen LogP contribution < -0.4 is 10.6 Å². The van der Waals surface area contributed by atoms with E-state index in [1.165, 1.54) is 0 Å². The average molecular weight is 201 g/mol. The number of carbonyl (C=O) groups excluding carboxylic acids is 1. The molecule has 2 amide bonds. The van der Waals surface area contributed by atoms with Crippen LogP contribution in [0.2, 0.25) is 0 Å². The number of ether oxygens (including phenoxy) is 1. The van der Waals surface area contributed by atoms with Gasteiger partial charge in [0.1, 0.15) is 0 Å². The summed E-state index contributed by atoms with van der Waals surface area (Å²) in [5.41, 5.74) is 0. The smallest absolute Gasteiger partial charge is 0.317 e. The van der Waals surface area contributed by atoms with Crippen LogP contribution in [0.25, 0.3) is 0 Å². The third kappa shape index (κ3) is 3.51. The fraction of sp³-hybridized carbons (Fsp3) is 0.889. The van der Waals surface area contributed by atoms with Crippen LogP contribution in [-0.2, 0) is 4.74 Å². The highest BCUT2D eigenvalue weighted by atomic mass is 16.5. The molecule has 1 heterocycles. The molecule has 0 spiro atoms. The number of rotatable bonds is 3. The van der Waals surface area contributed by atoms with Gasteiger partial charge in [0, 0.05) is 32.7 Å². The van der Waals surface area contributed by atoms with Crippen LogP contribution in [0, 0.1) is 0 Å². The van der Waals surface area contributed by atoms with Crippen molar-refractivity contribution in [2.24, 2.45) is 0 Å². The number of urea groups is 1. The van der Waals surface area contributed by atoms with Crippen LogP contribution >= 0.6 is 0 Å². The maximum Gasteiger partial charge on any atom is 0.317 e. The molecule has 1 aliphatic heterocycles. The third-order valence-corrected chi connectivity index (χ3v) is 2.32. The topological polar surface area (TPSA) is 53.6 Å². The van der Waals surface area contributed by atoms with Crippen molar-refractivity contribution in [3.8, 4) is 0 Å². The normalized spacial score (nSPS) is 21.7. The highest BCUT2D eigenvalue weighted by Gasteiger charge is 2.14. The molecule has 1 rings (SSSR count). The second kappa shape index (κ2) is 5.82. The maximum atomic E-state index is 11.4. The lowest BCUT2D eigenvalue weighted by Crippen LogP contribution is -2.50. The fourth-order valence-corrected chi connectivity index (χ4v) is 1.24. The van der Waals surface area contributed by atoms with E-state index in [0.29, 0.717) is 13.2 Å². The third-order valence-electron chi connectivity index (χ3n) is 2.32. The van der Waals surface area contributed by atoms with E-state index in [9.17, 15) is 4.79 Å². The van der Waals surface area contributed by atoms with E-state index >= 15 is 0 Å². The zero-order valence-electron chi connectivity index (χ0n) is 8.88. The van der Waals surface area contributed by atoms with Crippen molar-refractivity contribution in [1.82, 2.24) is 15.5 Å². The number of nitrogens with zero attached hydrogens (tertiary/aromatic N) is 1. The van der Waals surface area contributed by atoms with Crippen molar-refractivity contribution in [3.63, 3.8) is 0 Å². The first-order valence-corrected chi connectivity index (χ1v) is 5.04. The molecule has 0 aromatic rings. The molecular formula is C9H19N3O2. The standard InChI is InChI=1S/C9H19N3O2/c1-3-12(2)9(13)11-6-8-7-14-5-4-10-8/h8,10H,3-7H2,1-2H3,(H,11,13). The van der Waals surface area contributed by atoms with Crippen LogP contribution in [0.4, 0.5) is 4.79 Å². The van der Waals surface area contributed by atoms with Gasteiger partial charge in [-0.2, -0.15) is 0 Å². The minimum absolute atomic E-state index is 0.0279. The van der Waals surface area contributed by atoms with Gasteiger partial charge in [-0.15, -0.1) is 0 Å². The second-order valence-corrected chi connectivity index (χ2v) is 3.43. The lowest BCUT2D eigenvalue weighted by atomic mass is 10.3. The van der Waals surface area contributed by atoms with Gasteiger partial charge in [0.25, 0.3) is 0 Å². The quantitative estimate of drug-likeness (QED) is 0.655. The first-order valence-electron chi connectivity index (χ1n) is 5.04. The van der Waals surface area contributed by atoms with E-state index in [-0.39, 0.29) is 12.1 Å². The number of nitrogens with one attached hydrogen (secondary N) is 2. The Labute approximate surface area is 84.8 Å². The lowest BCUT2D eigenvalue weighted by Gasteiger charge is -2.25. The summed E-state index contributed by atoms with van der Waals surface area (Å²) >= 11 is 0. The van der Waals surface area contributed by atoms with Crippen molar-refractivity contribution >= 4 is 6.03 Å². The molecule has 2 N–H and O–H groups in total. The molecule has 0 aromatic heterocycles. The Morgan fingerprint density at radius 1 is 1.71 bits per heavy atom. The predicted octanol–water partition coefficient (Wildman–Crippen LogP) is -0.364. The van der Waals surface area contributed by atoms with Gasteiger partial charge in [0.15, 0.2) is 0 Å². The Kier molecular flexibility index (Phi) is 4.69. The summed E-state index contributed by atoms with van der Waals surface area (Å²) in [5, 5.41) is 6.12. The van der Waals surface area contributed by atoms with Crippen LogP contribution in [0.3, 0.4) is 0 Å². The Balaban J connectivity index is 2.15. The minimum Gasteiger partial charge on any atom is -0.378 e. The SMILES string of the molecule is CCN(C)C(=O)NCC1COCCN1. The Morgan fingerprint density at radius 3 is 3.07 bits per heavy atom. The second-order valence-electron chi connectivity index (χ2n) is 3.43. The van der Waals surface area contributed by atoms with E-state index in [0.717, 1.165) is 19.7 Å². The first kappa shape index (κ1) is 11.3. The van der Waals surface area contributed by atoms with E-state index in [1.807, 2.05) is 6.92 Å². The van der Waals surface area contributed by atoms with Gasteiger partial charge < -0.3 is 20.3 Å². The van der Waals surface area contributed by atoms with Gasteiger partial charge in [-0.05, 0) is 6.92 Å². The Bertz CT molecular complexity index is 181. The van der Waals surface area contributed by atoms with E-state index in [2.05, 4.69) is 10.6 Å². The summed E-state index contributed by atoms with van der Waals surface area (Å²) in [6.07, 6.45) is 0. The minimum atomic E-state index is -0.0279. The zero-order valence-corrected chi connectivity index (χ0v) is 8.88. The molecule has 82 valence electrons. The zero-order chi connectivity index (χ0) is 10.4. The molecule has 0 saturated carbocycles. The monoisotopic (exact) mass is 201 g/mol. The molecule has 0 aliphatic carbocycles. The molecule has 1 atom stereocenters. The fourth-order valence-electron chi connectivity index (χ4n) is 1.24. The molecule has 0 aromatic carbocycles. The molecule has 1 fully saturated rings. The summed E-state index contributed by atoms with van der Waals surface area (Å²) in [6.45, 7) is 5.60. The van der Waals surface area contributed by atoms with Crippen molar-refractivity contribution in [2.45, 2.75) is 13.0 Å². The van der Waals surface area contributed by atoms with E-state index < -0.39 is 0 Å². The van der Waals surface area contributed by atoms with E-state index in [1.54, 1.807) is 11.9 Å². The summed E-state index contributed by atoms with van der Waals surface area (Å²) in [4.78, 5) is 13.0. The van der Waals surface area contributed by atoms with Gasteiger partial charge in [-0.25, -0.2) is 4.79 Å². The predicted molar refractivity (Wildman–Crippen MR) is 54.3 cm³/mol. The number of amides is 2. The van der Waals surface area contributed by atoms with Crippen molar-refractivity contribution < 1.29 is 9.53 Å². The van der Waals surface area contributed by atoms with Crippen LogP contribution in [0.15, 0.2) is 0 Å². The van der Waals surface area contributed by atoms with Crippen molar-refractivity contribution in [3.05, 3.63) is 0 Å². The number of hydrogen-bond acceptors (Lipinski definition) is 3. The van der Waals surface area contributed by atoms with Gasteiger partial charge in [0.2, 0.25) is 0 Å². The maximum absolute atomic E-state index is 11.4. The van der Waals surface area contributed by atoms with Gasteiger partial charge in [0.05, 0.1) is 13.2 Å². The largest absolute Gasteiger partial charge is 0.378 e. The van der Waals surface area contributed by atoms with Crippen molar-refractivity contribution in [2.75, 3.05) is 39.9 Å². The molecule has 5 heteroatoms.